The highest BCUT2D eigenvalue weighted by Crippen LogP contribution is 2.15. The lowest BCUT2D eigenvalue weighted by Gasteiger charge is -2.15. The Kier molecular flexibility index (Phi) is 4.70. The highest BCUT2D eigenvalue weighted by atomic mass is 19.1. The fourth-order valence-electron chi connectivity index (χ4n) is 2.09. The Hall–Kier alpha value is -2.20. The lowest BCUT2D eigenvalue weighted by molar-refractivity contribution is 0.0939. The van der Waals surface area contributed by atoms with Gasteiger partial charge in [0.05, 0.1) is 6.04 Å². The standard InChI is InChI=1S/C17H19FN2O/c1-11-9-15(7-8-16(11)18)17(21)20-12(2)14-5-3-13(10-19)4-6-14/h3-9,12H,10,19H2,1-2H3,(H,20,21). The zero-order valence-corrected chi connectivity index (χ0v) is 12.2. The lowest BCUT2D eigenvalue weighted by atomic mass is 10.1. The zero-order valence-electron chi connectivity index (χ0n) is 12.2. The summed E-state index contributed by atoms with van der Waals surface area (Å²) in [6, 6.07) is 12.0. The summed E-state index contributed by atoms with van der Waals surface area (Å²) in [6.45, 7) is 4.04. The molecule has 2 rings (SSSR count). The van der Waals surface area contributed by atoms with E-state index in [-0.39, 0.29) is 17.8 Å². The first kappa shape index (κ1) is 15.2. The third kappa shape index (κ3) is 3.67. The number of halogens is 1. The molecule has 0 aliphatic carbocycles. The van der Waals surface area contributed by atoms with Crippen molar-refractivity contribution in [3.63, 3.8) is 0 Å². The van der Waals surface area contributed by atoms with Crippen LogP contribution in [0.15, 0.2) is 42.5 Å². The van der Waals surface area contributed by atoms with Gasteiger partial charge < -0.3 is 11.1 Å². The number of aryl methyl sites for hydroxylation is 1. The van der Waals surface area contributed by atoms with Gasteiger partial charge in [-0.05, 0) is 48.7 Å². The summed E-state index contributed by atoms with van der Waals surface area (Å²) in [4.78, 5) is 12.2. The molecule has 0 radical (unpaired) electrons. The minimum atomic E-state index is -0.308. The van der Waals surface area contributed by atoms with Crippen LogP contribution >= 0.6 is 0 Å². The van der Waals surface area contributed by atoms with Crippen LogP contribution in [-0.2, 0) is 6.54 Å². The van der Waals surface area contributed by atoms with Gasteiger partial charge in [0, 0.05) is 12.1 Å². The van der Waals surface area contributed by atoms with Crippen molar-refractivity contribution in [2.45, 2.75) is 26.4 Å². The van der Waals surface area contributed by atoms with E-state index in [1.54, 1.807) is 13.0 Å². The van der Waals surface area contributed by atoms with Crippen LogP contribution in [0.5, 0.6) is 0 Å². The maximum Gasteiger partial charge on any atom is 0.251 e. The van der Waals surface area contributed by atoms with E-state index in [1.165, 1.54) is 12.1 Å². The van der Waals surface area contributed by atoms with E-state index in [4.69, 9.17) is 5.73 Å². The van der Waals surface area contributed by atoms with E-state index in [1.807, 2.05) is 31.2 Å². The first-order chi connectivity index (χ1) is 10.0. The fraction of sp³-hybridized carbons (Fsp3) is 0.235. The number of amides is 1. The van der Waals surface area contributed by atoms with Crippen LogP contribution in [0.3, 0.4) is 0 Å². The molecule has 1 atom stereocenters. The van der Waals surface area contributed by atoms with Gasteiger partial charge >= 0.3 is 0 Å². The van der Waals surface area contributed by atoms with Crippen LogP contribution in [0, 0.1) is 12.7 Å². The van der Waals surface area contributed by atoms with Crippen molar-refractivity contribution in [1.82, 2.24) is 5.32 Å². The molecule has 0 bridgehead atoms. The Morgan fingerprint density at radius 1 is 1.24 bits per heavy atom. The largest absolute Gasteiger partial charge is 0.346 e. The predicted molar refractivity (Wildman–Crippen MR) is 81.4 cm³/mol. The van der Waals surface area contributed by atoms with Crippen molar-refractivity contribution in [1.29, 1.82) is 0 Å². The third-order valence-electron chi connectivity index (χ3n) is 3.48. The molecule has 21 heavy (non-hydrogen) atoms. The van der Waals surface area contributed by atoms with Crippen molar-refractivity contribution in [3.05, 3.63) is 70.5 Å². The number of rotatable bonds is 4. The zero-order chi connectivity index (χ0) is 15.4. The van der Waals surface area contributed by atoms with Gasteiger partial charge in [0.1, 0.15) is 5.82 Å². The van der Waals surface area contributed by atoms with Gasteiger partial charge in [0.15, 0.2) is 0 Å². The summed E-state index contributed by atoms with van der Waals surface area (Å²) in [7, 11) is 0. The van der Waals surface area contributed by atoms with Crippen LogP contribution < -0.4 is 11.1 Å². The molecule has 2 aromatic carbocycles. The Labute approximate surface area is 124 Å². The molecule has 0 fully saturated rings. The fourth-order valence-corrected chi connectivity index (χ4v) is 2.09. The van der Waals surface area contributed by atoms with Crippen molar-refractivity contribution in [3.8, 4) is 0 Å². The summed E-state index contributed by atoms with van der Waals surface area (Å²) in [5.74, 6) is -0.523. The molecule has 2 aromatic rings. The highest BCUT2D eigenvalue weighted by Gasteiger charge is 2.12. The Morgan fingerprint density at radius 2 is 1.90 bits per heavy atom. The Bertz CT molecular complexity index is 638. The molecule has 1 amide bonds. The normalized spacial score (nSPS) is 12.0. The number of hydrogen-bond acceptors (Lipinski definition) is 2. The molecule has 0 aliphatic rings. The van der Waals surface area contributed by atoms with Crippen LogP contribution in [0.1, 0.15) is 40.0 Å². The SMILES string of the molecule is Cc1cc(C(=O)NC(C)c2ccc(CN)cc2)ccc1F. The first-order valence-corrected chi connectivity index (χ1v) is 6.87. The topological polar surface area (TPSA) is 55.1 Å². The molecule has 0 saturated carbocycles. The summed E-state index contributed by atoms with van der Waals surface area (Å²) < 4.78 is 13.2. The molecule has 3 nitrogen and oxygen atoms in total. The molecular formula is C17H19FN2O. The van der Waals surface area contributed by atoms with Crippen molar-refractivity contribution in [2.75, 3.05) is 0 Å². The Morgan fingerprint density at radius 3 is 2.48 bits per heavy atom. The average Bonchev–Trinajstić information content (AvgIpc) is 2.50. The monoisotopic (exact) mass is 286 g/mol. The number of hydrogen-bond donors (Lipinski definition) is 2. The number of nitrogens with one attached hydrogen (secondary N) is 1. The second-order valence-corrected chi connectivity index (χ2v) is 5.10. The van der Waals surface area contributed by atoms with Crippen molar-refractivity contribution < 1.29 is 9.18 Å². The second kappa shape index (κ2) is 6.50. The molecule has 110 valence electrons. The average molecular weight is 286 g/mol. The van der Waals surface area contributed by atoms with Gasteiger partial charge in [-0.3, -0.25) is 4.79 Å². The molecule has 3 N–H and O–H groups in total. The second-order valence-electron chi connectivity index (χ2n) is 5.10. The van der Waals surface area contributed by atoms with Crippen LogP contribution in [0.25, 0.3) is 0 Å². The summed E-state index contributed by atoms with van der Waals surface area (Å²) in [6.07, 6.45) is 0. The number of carbonyl (C=O) groups excluding carboxylic acids is 1. The van der Waals surface area contributed by atoms with Crippen LogP contribution in [0.4, 0.5) is 4.39 Å². The maximum absolute atomic E-state index is 13.2. The smallest absolute Gasteiger partial charge is 0.251 e. The van der Waals surface area contributed by atoms with Crippen molar-refractivity contribution in [2.24, 2.45) is 5.73 Å². The van der Waals surface area contributed by atoms with E-state index in [0.717, 1.165) is 11.1 Å². The van der Waals surface area contributed by atoms with Gasteiger partial charge in [-0.1, -0.05) is 24.3 Å². The van der Waals surface area contributed by atoms with Gasteiger partial charge in [-0.2, -0.15) is 0 Å². The molecule has 0 aliphatic heterocycles. The molecule has 0 spiro atoms. The van der Waals surface area contributed by atoms with E-state index in [2.05, 4.69) is 5.32 Å². The van der Waals surface area contributed by atoms with Gasteiger partial charge in [-0.15, -0.1) is 0 Å². The third-order valence-corrected chi connectivity index (χ3v) is 3.48. The van der Waals surface area contributed by atoms with Crippen LogP contribution in [-0.4, -0.2) is 5.91 Å². The molecule has 4 heteroatoms. The molecule has 0 aromatic heterocycles. The number of benzene rings is 2. The molecular weight excluding hydrogens is 267 g/mol. The van der Waals surface area contributed by atoms with Gasteiger partial charge in [0.2, 0.25) is 0 Å². The van der Waals surface area contributed by atoms with E-state index < -0.39 is 0 Å². The van der Waals surface area contributed by atoms with Gasteiger partial charge in [-0.25, -0.2) is 4.39 Å². The minimum Gasteiger partial charge on any atom is -0.346 e. The summed E-state index contributed by atoms with van der Waals surface area (Å²) >= 11 is 0. The summed E-state index contributed by atoms with van der Waals surface area (Å²) in [5, 5.41) is 2.90. The lowest BCUT2D eigenvalue weighted by Crippen LogP contribution is -2.26. The van der Waals surface area contributed by atoms with Crippen molar-refractivity contribution >= 4 is 5.91 Å². The minimum absolute atomic E-state index is 0.130. The number of carbonyl (C=O) groups is 1. The van der Waals surface area contributed by atoms with E-state index in [9.17, 15) is 9.18 Å². The molecule has 0 saturated heterocycles. The predicted octanol–water partition coefficient (Wildman–Crippen LogP) is 3.08. The number of nitrogens with two attached hydrogens (primary N) is 1. The Balaban J connectivity index is 2.08. The quantitative estimate of drug-likeness (QED) is 0.907. The van der Waals surface area contributed by atoms with E-state index >= 15 is 0 Å². The van der Waals surface area contributed by atoms with Crippen LogP contribution in [0.2, 0.25) is 0 Å². The highest BCUT2D eigenvalue weighted by molar-refractivity contribution is 5.94. The molecule has 0 heterocycles. The summed E-state index contributed by atoms with van der Waals surface area (Å²) in [5.41, 5.74) is 8.52. The molecule has 1 unspecified atom stereocenters. The maximum atomic E-state index is 13.2. The van der Waals surface area contributed by atoms with E-state index in [0.29, 0.717) is 17.7 Å². The first-order valence-electron chi connectivity index (χ1n) is 6.87. The van der Waals surface area contributed by atoms with Gasteiger partial charge in [0.25, 0.3) is 5.91 Å².